The van der Waals surface area contributed by atoms with Crippen molar-refractivity contribution >= 4 is 11.3 Å². The summed E-state index contributed by atoms with van der Waals surface area (Å²) in [5.74, 6) is 1.23. The third-order valence-electron chi connectivity index (χ3n) is 3.69. The molecule has 0 radical (unpaired) electrons. The smallest absolute Gasteiger partial charge is 0.240 e. The van der Waals surface area contributed by atoms with E-state index in [4.69, 9.17) is 4.52 Å². The van der Waals surface area contributed by atoms with E-state index in [0.717, 1.165) is 11.1 Å². The highest BCUT2D eigenvalue weighted by atomic mass is 32.1. The number of aromatic nitrogens is 4. The Balaban J connectivity index is 1.58. The highest BCUT2D eigenvalue weighted by Gasteiger charge is 2.16. The molecule has 6 nitrogen and oxygen atoms in total. The molecule has 0 amide bonds. The van der Waals surface area contributed by atoms with Gasteiger partial charge in [0.1, 0.15) is 0 Å². The molecule has 0 bridgehead atoms. The zero-order valence-electron chi connectivity index (χ0n) is 12.9. The molecule has 3 rings (SSSR count). The van der Waals surface area contributed by atoms with Gasteiger partial charge in [-0.05, 0) is 37.8 Å². The van der Waals surface area contributed by atoms with Crippen LogP contribution in [0.25, 0.3) is 11.4 Å². The number of nitrogens with one attached hydrogen (secondary N) is 1. The van der Waals surface area contributed by atoms with Gasteiger partial charge in [0.15, 0.2) is 0 Å². The van der Waals surface area contributed by atoms with E-state index < -0.39 is 0 Å². The quantitative estimate of drug-likeness (QED) is 0.757. The van der Waals surface area contributed by atoms with Gasteiger partial charge in [0.05, 0.1) is 18.8 Å². The van der Waals surface area contributed by atoms with Gasteiger partial charge >= 0.3 is 0 Å². The first kappa shape index (κ1) is 14.9. The summed E-state index contributed by atoms with van der Waals surface area (Å²) in [5.41, 5.74) is 2.16. The Kier molecular flexibility index (Phi) is 4.35. The maximum atomic E-state index is 5.29. The van der Waals surface area contributed by atoms with E-state index in [1.807, 2.05) is 40.8 Å². The van der Waals surface area contributed by atoms with Gasteiger partial charge in [-0.2, -0.15) is 21.4 Å². The van der Waals surface area contributed by atoms with Crippen molar-refractivity contribution in [3.8, 4) is 11.4 Å². The lowest BCUT2D eigenvalue weighted by Gasteiger charge is -2.20. The first-order chi connectivity index (χ1) is 10.6. The first-order valence-electron chi connectivity index (χ1n) is 7.23. The number of aryl methyl sites for hydroxylation is 1. The molecule has 2 atom stereocenters. The van der Waals surface area contributed by atoms with Crippen molar-refractivity contribution in [3.63, 3.8) is 0 Å². The number of hydrogen-bond acceptors (Lipinski definition) is 6. The minimum absolute atomic E-state index is 0.232. The Morgan fingerprint density at radius 3 is 2.95 bits per heavy atom. The second kappa shape index (κ2) is 6.41. The molecule has 0 aliphatic rings. The van der Waals surface area contributed by atoms with Crippen molar-refractivity contribution in [1.82, 2.24) is 25.2 Å². The minimum atomic E-state index is 0.232. The molecule has 0 aliphatic carbocycles. The molecule has 0 fully saturated rings. The molecule has 3 aromatic rings. The van der Waals surface area contributed by atoms with E-state index in [1.54, 1.807) is 11.3 Å². The summed E-state index contributed by atoms with van der Waals surface area (Å²) in [7, 11) is 0. The summed E-state index contributed by atoms with van der Waals surface area (Å²) < 4.78 is 7.26. The predicted molar refractivity (Wildman–Crippen MR) is 85.6 cm³/mol. The standard InChI is InChI=1S/C15H19N5OS/c1-10-6-17-20(8-10)12(3)11(2)16-7-14-18-15(19-21-14)13-4-5-22-9-13/h4-6,8-9,11-12,16H,7H2,1-3H3/t11-,12-/m0/s1. The fourth-order valence-corrected chi connectivity index (χ4v) is 2.77. The number of nitrogens with zero attached hydrogens (tertiary/aromatic N) is 4. The van der Waals surface area contributed by atoms with Crippen LogP contribution in [0.4, 0.5) is 0 Å². The van der Waals surface area contributed by atoms with Crippen molar-refractivity contribution in [2.45, 2.75) is 39.4 Å². The lowest BCUT2D eigenvalue weighted by molar-refractivity contribution is 0.325. The van der Waals surface area contributed by atoms with Gasteiger partial charge in [0.25, 0.3) is 0 Å². The third-order valence-corrected chi connectivity index (χ3v) is 4.38. The average molecular weight is 317 g/mol. The SMILES string of the molecule is Cc1cnn([C@@H](C)[C@H](C)NCc2nc(-c3ccsc3)no2)c1. The van der Waals surface area contributed by atoms with Crippen LogP contribution < -0.4 is 5.32 Å². The van der Waals surface area contributed by atoms with Gasteiger partial charge in [-0.25, -0.2) is 0 Å². The summed E-state index contributed by atoms with van der Waals surface area (Å²) >= 11 is 1.62. The Morgan fingerprint density at radius 2 is 2.27 bits per heavy atom. The van der Waals surface area contributed by atoms with Crippen LogP contribution in [0.1, 0.15) is 31.3 Å². The summed E-state index contributed by atoms with van der Waals surface area (Å²) in [5, 5.41) is 15.8. The molecular weight excluding hydrogens is 298 g/mol. The topological polar surface area (TPSA) is 68.8 Å². The highest BCUT2D eigenvalue weighted by molar-refractivity contribution is 7.08. The fourth-order valence-electron chi connectivity index (χ4n) is 2.14. The van der Waals surface area contributed by atoms with E-state index >= 15 is 0 Å². The summed E-state index contributed by atoms with van der Waals surface area (Å²) in [6.07, 6.45) is 3.92. The number of rotatable bonds is 6. The average Bonchev–Trinajstić information content (AvgIpc) is 3.24. The molecule has 0 aromatic carbocycles. The Bertz CT molecular complexity index is 718. The lowest BCUT2D eigenvalue weighted by atomic mass is 10.2. The molecule has 0 saturated carbocycles. The summed E-state index contributed by atoms with van der Waals surface area (Å²) in [4.78, 5) is 4.40. The minimum Gasteiger partial charge on any atom is -0.338 e. The monoisotopic (exact) mass is 317 g/mol. The van der Waals surface area contributed by atoms with E-state index in [2.05, 4.69) is 34.4 Å². The molecular formula is C15H19N5OS. The van der Waals surface area contributed by atoms with Crippen LogP contribution in [0.2, 0.25) is 0 Å². The second-order valence-electron chi connectivity index (χ2n) is 5.43. The van der Waals surface area contributed by atoms with Crippen LogP contribution in [-0.2, 0) is 6.54 Å². The van der Waals surface area contributed by atoms with Crippen LogP contribution in [0.3, 0.4) is 0 Å². The molecule has 3 aromatic heterocycles. The Morgan fingerprint density at radius 1 is 1.41 bits per heavy atom. The maximum Gasteiger partial charge on any atom is 0.240 e. The summed E-state index contributed by atoms with van der Waals surface area (Å²) in [6, 6.07) is 2.46. The van der Waals surface area contributed by atoms with Crippen LogP contribution in [-0.4, -0.2) is 26.0 Å². The molecule has 0 aliphatic heterocycles. The van der Waals surface area contributed by atoms with Gasteiger partial charge in [0, 0.05) is 23.2 Å². The van der Waals surface area contributed by atoms with E-state index in [9.17, 15) is 0 Å². The van der Waals surface area contributed by atoms with Gasteiger partial charge in [-0.3, -0.25) is 4.68 Å². The lowest BCUT2D eigenvalue weighted by Crippen LogP contribution is -2.33. The summed E-state index contributed by atoms with van der Waals surface area (Å²) in [6.45, 7) is 6.84. The molecule has 3 heterocycles. The van der Waals surface area contributed by atoms with E-state index in [1.165, 1.54) is 0 Å². The van der Waals surface area contributed by atoms with Crippen LogP contribution >= 0.6 is 11.3 Å². The van der Waals surface area contributed by atoms with Crippen molar-refractivity contribution in [3.05, 3.63) is 40.7 Å². The zero-order valence-corrected chi connectivity index (χ0v) is 13.7. The second-order valence-corrected chi connectivity index (χ2v) is 6.21. The first-order valence-corrected chi connectivity index (χ1v) is 8.17. The van der Waals surface area contributed by atoms with Crippen molar-refractivity contribution < 1.29 is 4.52 Å². The molecule has 7 heteroatoms. The van der Waals surface area contributed by atoms with Crippen LogP contribution in [0, 0.1) is 6.92 Å². The normalized spacial score (nSPS) is 14.1. The largest absolute Gasteiger partial charge is 0.338 e. The molecule has 0 saturated heterocycles. The Hall–Kier alpha value is -1.99. The van der Waals surface area contributed by atoms with Gasteiger partial charge < -0.3 is 9.84 Å². The molecule has 0 spiro atoms. The van der Waals surface area contributed by atoms with Crippen LogP contribution in [0.15, 0.2) is 33.7 Å². The number of hydrogen-bond donors (Lipinski definition) is 1. The van der Waals surface area contributed by atoms with Gasteiger partial charge in [-0.15, -0.1) is 0 Å². The molecule has 22 heavy (non-hydrogen) atoms. The molecule has 116 valence electrons. The van der Waals surface area contributed by atoms with Crippen molar-refractivity contribution in [2.75, 3.05) is 0 Å². The number of thiophene rings is 1. The van der Waals surface area contributed by atoms with E-state index in [-0.39, 0.29) is 12.1 Å². The molecule has 0 unspecified atom stereocenters. The zero-order chi connectivity index (χ0) is 15.5. The van der Waals surface area contributed by atoms with Crippen LogP contribution in [0.5, 0.6) is 0 Å². The maximum absolute atomic E-state index is 5.29. The molecule has 1 N–H and O–H groups in total. The highest BCUT2D eigenvalue weighted by Crippen LogP contribution is 2.18. The van der Waals surface area contributed by atoms with Gasteiger partial charge in [-0.1, -0.05) is 5.16 Å². The Labute approximate surface area is 133 Å². The van der Waals surface area contributed by atoms with Crippen molar-refractivity contribution in [2.24, 2.45) is 0 Å². The fraction of sp³-hybridized carbons (Fsp3) is 0.400. The van der Waals surface area contributed by atoms with Crippen molar-refractivity contribution in [1.29, 1.82) is 0 Å². The predicted octanol–water partition coefficient (Wildman–Crippen LogP) is 3.04. The third kappa shape index (κ3) is 3.26. The van der Waals surface area contributed by atoms with Gasteiger partial charge in [0.2, 0.25) is 11.7 Å². The van der Waals surface area contributed by atoms with E-state index in [0.29, 0.717) is 18.3 Å².